The molecule has 1 N–H and O–H groups in total. The van der Waals surface area contributed by atoms with Crippen molar-refractivity contribution in [1.82, 2.24) is 24.8 Å². The van der Waals surface area contributed by atoms with Crippen LogP contribution in [0.4, 0.5) is 25.5 Å². The fourth-order valence-electron chi connectivity index (χ4n) is 11.7. The van der Waals surface area contributed by atoms with E-state index in [0.717, 1.165) is 49.9 Å². The Balaban J connectivity index is 1.28. The molecule has 12 nitrogen and oxygen atoms in total. The van der Waals surface area contributed by atoms with E-state index >= 15 is 4.39 Å². The molecule has 4 aromatic rings. The highest BCUT2D eigenvalue weighted by Crippen LogP contribution is 2.45. The minimum absolute atomic E-state index is 0.0560. The normalized spacial score (nSPS) is 19.6. The summed E-state index contributed by atoms with van der Waals surface area (Å²) in [6.07, 6.45) is 3.86. The summed E-state index contributed by atoms with van der Waals surface area (Å²) in [5.41, 5.74) is 7.46. The Hall–Kier alpha value is -5.52. The van der Waals surface area contributed by atoms with Crippen molar-refractivity contribution in [3.63, 3.8) is 0 Å². The van der Waals surface area contributed by atoms with Gasteiger partial charge in [0, 0.05) is 54.3 Å². The number of pyridine rings is 1. The fraction of sp³-hybridized carbons (Fsp3) is 0.537. The summed E-state index contributed by atoms with van der Waals surface area (Å²) in [6.45, 7) is 36.1. The molecular weight excluding hydrogens is 874 g/mol. The van der Waals surface area contributed by atoms with Gasteiger partial charge in [0.2, 0.25) is 0 Å². The molecule has 6 heterocycles. The largest absolute Gasteiger partial charge is 0.461 e. The first-order chi connectivity index (χ1) is 31.9. The third-order valence-electron chi connectivity index (χ3n) is 14.4. The second-order valence-corrected chi connectivity index (χ2v) is 28.2. The number of hydrogen-bond acceptors (Lipinski definition) is 10. The molecule has 68 heavy (non-hydrogen) atoms. The molecule has 0 aliphatic carbocycles. The molecule has 2 aromatic heterocycles. The summed E-state index contributed by atoms with van der Waals surface area (Å²) in [5.74, 6) is 3.50. The zero-order valence-electron chi connectivity index (χ0n) is 42.2. The van der Waals surface area contributed by atoms with Crippen LogP contribution >= 0.6 is 0 Å². The van der Waals surface area contributed by atoms with Crippen molar-refractivity contribution in [2.45, 2.75) is 154 Å². The Morgan fingerprint density at radius 3 is 2.09 bits per heavy atom. The van der Waals surface area contributed by atoms with Gasteiger partial charge in [-0.2, -0.15) is 9.97 Å². The number of piperazine rings is 1. The number of amides is 2. The molecule has 0 unspecified atom stereocenters. The molecule has 14 heteroatoms. The van der Waals surface area contributed by atoms with Crippen molar-refractivity contribution in [3.8, 4) is 28.7 Å². The van der Waals surface area contributed by atoms with Crippen LogP contribution in [0.2, 0.25) is 16.6 Å². The van der Waals surface area contributed by atoms with Crippen LogP contribution < -0.4 is 15.0 Å². The Morgan fingerprint density at radius 1 is 0.882 bits per heavy atom. The molecule has 2 aromatic carbocycles. The number of halogens is 1. The highest BCUT2D eigenvalue weighted by Gasteiger charge is 2.49. The molecule has 0 radical (unpaired) electrons. The number of nitrogens with one attached hydrogen (secondary N) is 1. The van der Waals surface area contributed by atoms with Gasteiger partial charge in [-0.1, -0.05) is 83.9 Å². The van der Waals surface area contributed by atoms with E-state index in [1.165, 1.54) is 0 Å². The molecular formula is C54H70FN7O5Si. The monoisotopic (exact) mass is 944 g/mol. The summed E-state index contributed by atoms with van der Waals surface area (Å²) in [6, 6.07) is 9.14. The van der Waals surface area contributed by atoms with E-state index in [1.54, 1.807) is 18.3 Å². The Labute approximate surface area is 403 Å². The average Bonchev–Trinajstić information content (AvgIpc) is 3.80. The Morgan fingerprint density at radius 2 is 1.50 bits per heavy atom. The van der Waals surface area contributed by atoms with Crippen LogP contribution in [0.25, 0.3) is 32.9 Å². The molecule has 8 rings (SSSR count). The molecule has 4 aliphatic rings. The van der Waals surface area contributed by atoms with E-state index < -0.39 is 31.2 Å². The van der Waals surface area contributed by atoms with Crippen molar-refractivity contribution >= 4 is 53.4 Å². The summed E-state index contributed by atoms with van der Waals surface area (Å²) in [7, 11) is -2.22. The van der Waals surface area contributed by atoms with Gasteiger partial charge < -0.3 is 19.1 Å². The first-order valence-electron chi connectivity index (χ1n) is 24.3. The molecule has 362 valence electrons. The van der Waals surface area contributed by atoms with Gasteiger partial charge in [0.1, 0.15) is 42.9 Å². The smallest absolute Gasteiger partial charge is 0.412 e. The standard InChI is InChI=1S/C54H70FN7O5Si/c1-32(2)68(33(3)4,34(5)6)23-22-37-16-15-17-40-43(57-50(63)66-52(9,10)11)21-20-41(44(37)40)46-45(55)47-42(26-56-46)48(60-29-38-18-19-39(30-60)62(38)51(64)67-53(12,13)14)59-49(58-47)65-31-54-24-35(7)27-61(54)28-36(8)25-54/h15-17,20-21,26,32-34,38-39H,7-8,18-19,24-25,27-31H2,1-6,9-14H3,(H,57,63)/t38-,39+. The minimum Gasteiger partial charge on any atom is -0.461 e. The van der Waals surface area contributed by atoms with E-state index in [-0.39, 0.29) is 47.5 Å². The zero-order chi connectivity index (χ0) is 49.2. The van der Waals surface area contributed by atoms with Gasteiger partial charge in [-0.15, -0.1) is 5.54 Å². The average molecular weight is 944 g/mol. The second-order valence-electron chi connectivity index (χ2n) is 22.6. The first kappa shape index (κ1) is 48.9. The number of rotatable bonds is 9. The van der Waals surface area contributed by atoms with Gasteiger partial charge in [0.25, 0.3) is 0 Å². The lowest BCUT2D eigenvalue weighted by Gasteiger charge is -2.42. The quantitative estimate of drug-likeness (QED) is 0.0986. The minimum atomic E-state index is -2.22. The number of hydrogen-bond donors (Lipinski definition) is 1. The van der Waals surface area contributed by atoms with Gasteiger partial charge in [-0.3, -0.25) is 20.1 Å². The number of nitrogens with zero attached hydrogens (tertiary/aromatic N) is 6. The Kier molecular flexibility index (Phi) is 13.0. The predicted molar refractivity (Wildman–Crippen MR) is 272 cm³/mol. The number of benzene rings is 2. The molecule has 4 aliphatic heterocycles. The van der Waals surface area contributed by atoms with Gasteiger partial charge in [-0.05, 0) is 102 Å². The third-order valence-corrected chi connectivity index (χ3v) is 20.7. The molecule has 2 bridgehead atoms. The summed E-state index contributed by atoms with van der Waals surface area (Å²) in [4.78, 5) is 47.9. The summed E-state index contributed by atoms with van der Waals surface area (Å²) in [5, 5.41) is 4.71. The van der Waals surface area contributed by atoms with Crippen LogP contribution in [0.3, 0.4) is 0 Å². The Bertz CT molecular complexity index is 2690. The summed E-state index contributed by atoms with van der Waals surface area (Å²) >= 11 is 0. The van der Waals surface area contributed by atoms with E-state index in [0.29, 0.717) is 68.5 Å². The maximum Gasteiger partial charge on any atom is 0.412 e. The molecule has 2 atom stereocenters. The number of ether oxygens (including phenoxy) is 3. The van der Waals surface area contributed by atoms with E-state index in [4.69, 9.17) is 29.2 Å². The first-order valence-corrected chi connectivity index (χ1v) is 26.6. The van der Waals surface area contributed by atoms with Crippen molar-refractivity contribution in [2.24, 2.45) is 0 Å². The highest BCUT2D eigenvalue weighted by molar-refractivity contribution is 6.90. The van der Waals surface area contributed by atoms with Crippen LogP contribution in [0, 0.1) is 17.3 Å². The molecule has 4 saturated heterocycles. The topological polar surface area (TPSA) is 122 Å². The molecule has 4 fully saturated rings. The lowest BCUT2D eigenvalue weighted by Crippen LogP contribution is -2.57. The van der Waals surface area contributed by atoms with Crippen LogP contribution in [0.15, 0.2) is 60.8 Å². The number of aromatic nitrogens is 3. The second kappa shape index (κ2) is 18.1. The lowest BCUT2D eigenvalue weighted by atomic mass is 9.92. The maximum absolute atomic E-state index is 18.0. The highest BCUT2D eigenvalue weighted by atomic mass is 28.3. The van der Waals surface area contributed by atoms with Crippen molar-refractivity contribution in [2.75, 3.05) is 43.0 Å². The fourth-order valence-corrected chi connectivity index (χ4v) is 16.9. The van der Waals surface area contributed by atoms with E-state index in [9.17, 15) is 9.59 Å². The zero-order valence-corrected chi connectivity index (χ0v) is 43.2. The van der Waals surface area contributed by atoms with Crippen LogP contribution in [0.1, 0.15) is 114 Å². The molecule has 2 amide bonds. The molecule has 0 saturated carbocycles. The van der Waals surface area contributed by atoms with Gasteiger partial charge >= 0.3 is 18.2 Å². The third kappa shape index (κ3) is 9.32. The van der Waals surface area contributed by atoms with Crippen molar-refractivity contribution in [1.29, 1.82) is 0 Å². The lowest BCUT2D eigenvalue weighted by molar-refractivity contribution is 0.0122. The number of anilines is 2. The number of carbonyl (C=O) groups excluding carboxylic acids is 2. The number of carbonyl (C=O) groups is 2. The SMILES string of the molecule is C=C1CN2CC(=C)CC2(COc2nc(N3C[C@H]4CC[C@@H](C3)N4C(=O)OC(C)(C)C)c3cnc(-c4ccc(NC(=O)OC(C)(C)C)c5cccc(C#C[Si](C(C)C)(C(C)C)C(C)C)c45)c(F)c3n2)C1. The molecule has 0 spiro atoms. The van der Waals surface area contributed by atoms with Gasteiger partial charge in [0.05, 0.1) is 28.7 Å². The van der Waals surface area contributed by atoms with E-state index in [1.807, 2.05) is 64.6 Å². The van der Waals surface area contributed by atoms with Crippen molar-refractivity contribution < 1.29 is 28.2 Å². The van der Waals surface area contributed by atoms with Gasteiger partial charge in [0.15, 0.2) is 5.82 Å². The van der Waals surface area contributed by atoms with Crippen LogP contribution in [-0.4, -0.2) is 107 Å². The van der Waals surface area contributed by atoms with Crippen LogP contribution in [0.5, 0.6) is 6.01 Å². The van der Waals surface area contributed by atoms with Gasteiger partial charge in [-0.25, -0.2) is 14.0 Å². The summed E-state index contributed by atoms with van der Waals surface area (Å²) < 4.78 is 36.2. The van der Waals surface area contributed by atoms with E-state index in [2.05, 4.69) is 81.3 Å². The predicted octanol–water partition coefficient (Wildman–Crippen LogP) is 11.8. The number of fused-ring (bicyclic) bond motifs is 5. The van der Waals surface area contributed by atoms with Crippen molar-refractivity contribution in [3.05, 3.63) is 72.2 Å². The van der Waals surface area contributed by atoms with Crippen LogP contribution in [-0.2, 0) is 9.47 Å². The maximum atomic E-state index is 18.0.